The summed E-state index contributed by atoms with van der Waals surface area (Å²) in [5, 5.41) is 0. The molecular weight excluding hydrogens is 311 g/mol. The van der Waals surface area contributed by atoms with Crippen molar-refractivity contribution in [1.29, 1.82) is 0 Å². The molecule has 0 N–H and O–H groups in total. The Kier molecular flexibility index (Phi) is 4.56. The molecule has 2 rings (SSSR count). The highest BCUT2D eigenvalue weighted by molar-refractivity contribution is 8.08. The van der Waals surface area contributed by atoms with Crippen LogP contribution in [0.1, 0.15) is 0 Å². The minimum Gasteiger partial charge on any atom is -0.237 e. The van der Waals surface area contributed by atoms with Gasteiger partial charge >= 0.3 is 0 Å². The molecule has 0 fully saturated rings. The molecule has 18 heavy (non-hydrogen) atoms. The maximum absolute atomic E-state index is 11.0. The molecule has 0 radical (unpaired) electrons. The van der Waals surface area contributed by atoms with Crippen LogP contribution in [0.15, 0.2) is 58.3 Å². The number of halogens is 2. The molecule has 0 aliphatic carbocycles. The van der Waals surface area contributed by atoms with Gasteiger partial charge in [0.05, 0.1) is 9.79 Å². The second kappa shape index (κ2) is 5.97. The summed E-state index contributed by atoms with van der Waals surface area (Å²) < 4.78 is 22.1. The molecule has 0 bridgehead atoms. The van der Waals surface area contributed by atoms with Gasteiger partial charge in [0.15, 0.2) is 0 Å². The summed E-state index contributed by atoms with van der Waals surface area (Å²) >= 11 is 0. The normalized spacial score (nSPS) is 14.1. The summed E-state index contributed by atoms with van der Waals surface area (Å²) in [6, 6.07) is 14.2. The van der Waals surface area contributed by atoms with E-state index in [4.69, 9.17) is 21.4 Å². The molecule has 0 heterocycles. The summed E-state index contributed by atoms with van der Waals surface area (Å²) in [5.41, 5.74) is 1.93. The lowest BCUT2D eigenvalue weighted by Gasteiger charge is -2.03. The van der Waals surface area contributed by atoms with Gasteiger partial charge in [0.2, 0.25) is 0 Å². The quantitative estimate of drug-likeness (QED) is 0.805. The van der Waals surface area contributed by atoms with Gasteiger partial charge in [-0.15, -0.1) is 0 Å². The maximum atomic E-state index is 11.0. The van der Waals surface area contributed by atoms with E-state index in [1.54, 1.807) is 24.3 Å². The van der Waals surface area contributed by atoms with Gasteiger partial charge in [-0.05, 0) is 56.8 Å². The number of hydrogen-bond donors (Lipinski definition) is 0. The van der Waals surface area contributed by atoms with Crippen LogP contribution in [0.4, 0.5) is 0 Å². The molecule has 0 saturated heterocycles. The van der Waals surface area contributed by atoms with Crippen LogP contribution in [-0.2, 0) is 20.0 Å². The van der Waals surface area contributed by atoms with Crippen molar-refractivity contribution in [3.63, 3.8) is 0 Å². The van der Waals surface area contributed by atoms with E-state index in [0.29, 0.717) is 9.79 Å². The Labute approximate surface area is 119 Å². The van der Waals surface area contributed by atoms with Crippen LogP contribution in [0.5, 0.6) is 0 Å². The molecule has 2 nitrogen and oxygen atoms in total. The fourth-order valence-electron chi connectivity index (χ4n) is 1.51. The van der Waals surface area contributed by atoms with Crippen molar-refractivity contribution in [1.82, 2.24) is 0 Å². The highest BCUT2D eigenvalue weighted by atomic mass is 35.7. The lowest BCUT2D eigenvalue weighted by atomic mass is 10.1. The van der Waals surface area contributed by atoms with Crippen molar-refractivity contribution in [3.8, 4) is 11.1 Å². The van der Waals surface area contributed by atoms with Gasteiger partial charge in [-0.2, -0.15) is 0 Å². The molecule has 94 valence electrons. The standard InChI is InChI=1S/C12H8Cl2O2S2/c13-17(15)11-5-1-9(2-6-11)10-3-7-12(8-4-10)18(14)16/h1-8H. The molecular formula is C12H8Cl2O2S2. The Bertz CT molecular complexity index is 539. The summed E-state index contributed by atoms with van der Waals surface area (Å²) in [5.74, 6) is 0. The van der Waals surface area contributed by atoms with E-state index in [2.05, 4.69) is 0 Å². The van der Waals surface area contributed by atoms with Crippen LogP contribution in [-0.4, -0.2) is 8.42 Å². The second-order valence-electron chi connectivity index (χ2n) is 3.50. The Hall–Kier alpha value is -0.680. The zero-order chi connectivity index (χ0) is 13.1. The van der Waals surface area contributed by atoms with Gasteiger partial charge in [-0.3, -0.25) is 0 Å². The highest BCUT2D eigenvalue weighted by Crippen LogP contribution is 2.23. The van der Waals surface area contributed by atoms with Gasteiger partial charge in [0.25, 0.3) is 0 Å². The first-order valence-corrected chi connectivity index (χ1v) is 8.89. The zero-order valence-corrected chi connectivity index (χ0v) is 12.2. The number of benzene rings is 2. The molecule has 2 unspecified atom stereocenters. The number of hydrogen-bond acceptors (Lipinski definition) is 2. The highest BCUT2D eigenvalue weighted by Gasteiger charge is 2.03. The van der Waals surface area contributed by atoms with E-state index in [1.165, 1.54) is 0 Å². The molecule has 0 amide bonds. The smallest absolute Gasteiger partial charge is 0.147 e. The molecule has 2 aromatic rings. The minimum absolute atomic E-state index is 0.568. The summed E-state index contributed by atoms with van der Waals surface area (Å²) in [6.07, 6.45) is 0. The van der Waals surface area contributed by atoms with Gasteiger partial charge < -0.3 is 0 Å². The minimum atomic E-state index is -1.49. The third kappa shape index (κ3) is 3.20. The molecule has 0 aliphatic rings. The third-order valence-electron chi connectivity index (χ3n) is 2.41. The van der Waals surface area contributed by atoms with Crippen molar-refractivity contribution in [2.45, 2.75) is 9.79 Å². The topological polar surface area (TPSA) is 34.1 Å². The van der Waals surface area contributed by atoms with E-state index >= 15 is 0 Å². The van der Waals surface area contributed by atoms with E-state index in [0.717, 1.165) is 11.1 Å². The van der Waals surface area contributed by atoms with Crippen LogP contribution < -0.4 is 0 Å². The summed E-state index contributed by atoms with van der Waals surface area (Å²) in [4.78, 5) is 1.14. The van der Waals surface area contributed by atoms with Gasteiger partial charge in [-0.1, -0.05) is 24.3 Å². The van der Waals surface area contributed by atoms with Crippen molar-refractivity contribution in [2.24, 2.45) is 0 Å². The average Bonchev–Trinajstić information content (AvgIpc) is 2.39. The van der Waals surface area contributed by atoms with Crippen molar-refractivity contribution in [2.75, 3.05) is 0 Å². The molecule has 0 spiro atoms. The van der Waals surface area contributed by atoms with Crippen LogP contribution >= 0.6 is 21.4 Å². The first-order valence-electron chi connectivity index (χ1n) is 4.94. The fourth-order valence-corrected chi connectivity index (χ4v) is 2.83. The molecule has 0 aliphatic heterocycles. The van der Waals surface area contributed by atoms with Crippen LogP contribution in [0.2, 0.25) is 0 Å². The zero-order valence-electron chi connectivity index (χ0n) is 9.01. The largest absolute Gasteiger partial charge is 0.237 e. The number of rotatable bonds is 3. The molecule has 2 atom stereocenters. The van der Waals surface area contributed by atoms with Crippen LogP contribution in [0.3, 0.4) is 0 Å². The van der Waals surface area contributed by atoms with Crippen molar-refractivity contribution in [3.05, 3.63) is 48.5 Å². The fraction of sp³-hybridized carbons (Fsp3) is 0. The second-order valence-corrected chi connectivity index (χ2v) is 7.01. The Balaban J connectivity index is 2.31. The molecule has 6 heteroatoms. The predicted molar refractivity (Wildman–Crippen MR) is 76.4 cm³/mol. The van der Waals surface area contributed by atoms with Crippen molar-refractivity contribution >= 4 is 41.4 Å². The first kappa shape index (κ1) is 13.7. The average molecular weight is 319 g/mol. The predicted octanol–water partition coefficient (Wildman–Crippen LogP) is 3.88. The van der Waals surface area contributed by atoms with Crippen LogP contribution in [0.25, 0.3) is 11.1 Å². The van der Waals surface area contributed by atoms with E-state index in [9.17, 15) is 8.42 Å². The third-order valence-corrected chi connectivity index (χ3v) is 4.77. The maximum Gasteiger partial charge on any atom is 0.147 e. The van der Waals surface area contributed by atoms with E-state index < -0.39 is 20.0 Å². The molecule has 2 aromatic carbocycles. The summed E-state index contributed by atoms with van der Waals surface area (Å²) in [7, 11) is 7.98. The van der Waals surface area contributed by atoms with Crippen molar-refractivity contribution < 1.29 is 8.42 Å². The lowest BCUT2D eigenvalue weighted by Crippen LogP contribution is -1.84. The van der Waals surface area contributed by atoms with E-state index in [-0.39, 0.29) is 0 Å². The lowest BCUT2D eigenvalue weighted by molar-refractivity contribution is 0.690. The molecule has 0 aromatic heterocycles. The monoisotopic (exact) mass is 318 g/mol. The molecule has 0 saturated carbocycles. The SMILES string of the molecule is O=S(Cl)c1ccc(-c2ccc(S(=O)Cl)cc2)cc1. The van der Waals surface area contributed by atoms with Gasteiger partial charge in [0, 0.05) is 0 Å². The van der Waals surface area contributed by atoms with Gasteiger partial charge in [-0.25, -0.2) is 8.42 Å². The Morgan fingerprint density at radius 2 is 0.889 bits per heavy atom. The Morgan fingerprint density at radius 3 is 1.11 bits per heavy atom. The van der Waals surface area contributed by atoms with Crippen LogP contribution in [0, 0.1) is 0 Å². The van der Waals surface area contributed by atoms with Gasteiger partial charge in [0.1, 0.15) is 20.0 Å². The first-order chi connectivity index (χ1) is 8.58. The summed E-state index contributed by atoms with van der Waals surface area (Å²) in [6.45, 7) is 0. The Morgan fingerprint density at radius 1 is 0.611 bits per heavy atom. The van der Waals surface area contributed by atoms with E-state index in [1.807, 2.05) is 24.3 Å².